The predicted molar refractivity (Wildman–Crippen MR) is 96.6 cm³/mol. The summed E-state index contributed by atoms with van der Waals surface area (Å²) in [6, 6.07) is 14.5. The van der Waals surface area contributed by atoms with Gasteiger partial charge in [-0.25, -0.2) is 15.0 Å². The zero-order valence-electron chi connectivity index (χ0n) is 14.5. The molecule has 4 bridgehead atoms. The fourth-order valence-electron chi connectivity index (χ4n) is 2.49. The molecule has 4 heterocycles. The Balaban J connectivity index is 1.96. The first-order chi connectivity index (χ1) is 11.8. The fourth-order valence-corrected chi connectivity index (χ4v) is 2.49. The molecule has 0 aromatic heterocycles. The van der Waals surface area contributed by atoms with Crippen LogP contribution >= 0.6 is 0 Å². The van der Waals surface area contributed by atoms with Crippen molar-refractivity contribution >= 4 is 23.5 Å². The highest BCUT2D eigenvalue weighted by Gasteiger charge is 2.25. The van der Waals surface area contributed by atoms with Crippen LogP contribution in [0.25, 0.3) is 0 Å². The van der Waals surface area contributed by atoms with Crippen LogP contribution in [0.5, 0.6) is 0 Å². The zero-order chi connectivity index (χ0) is 18.0. The number of benzene rings is 2. The summed E-state index contributed by atoms with van der Waals surface area (Å²) in [4.78, 5) is 24.8. The van der Waals surface area contributed by atoms with Gasteiger partial charge in [0.1, 0.15) is 5.60 Å². The van der Waals surface area contributed by atoms with Gasteiger partial charge in [0.2, 0.25) is 0 Å². The maximum atomic E-state index is 12.5. The van der Waals surface area contributed by atoms with Gasteiger partial charge in [0.25, 0.3) is 0 Å². The first-order valence-corrected chi connectivity index (χ1v) is 8.09. The number of carbonyl (C=O) groups excluding carboxylic acids is 2. The summed E-state index contributed by atoms with van der Waals surface area (Å²) < 4.78 is 5.40. The Morgan fingerprint density at radius 2 is 1.56 bits per heavy atom. The first kappa shape index (κ1) is 16.8. The smallest absolute Gasteiger partial charge is 0.434 e. The lowest BCUT2D eigenvalue weighted by Gasteiger charge is -2.27. The lowest BCUT2D eigenvalue weighted by atomic mass is 10.0. The highest BCUT2D eigenvalue weighted by Crippen LogP contribution is 2.21. The Morgan fingerprint density at radius 3 is 2.12 bits per heavy atom. The molecule has 130 valence electrons. The Morgan fingerprint density at radius 1 is 1.00 bits per heavy atom. The summed E-state index contributed by atoms with van der Waals surface area (Å²) in [7, 11) is 0. The van der Waals surface area contributed by atoms with E-state index in [1.165, 1.54) is 0 Å². The van der Waals surface area contributed by atoms with Crippen LogP contribution < -0.4 is 15.8 Å². The van der Waals surface area contributed by atoms with Crippen molar-refractivity contribution < 1.29 is 14.3 Å². The highest BCUT2D eigenvalue weighted by atomic mass is 16.6. The summed E-state index contributed by atoms with van der Waals surface area (Å²) in [5.41, 5.74) is 5.30. The van der Waals surface area contributed by atoms with Crippen molar-refractivity contribution in [1.29, 1.82) is 0 Å². The van der Waals surface area contributed by atoms with Crippen LogP contribution in [0.15, 0.2) is 48.5 Å². The molecule has 6 heteroatoms. The molecule has 0 saturated heterocycles. The SMILES string of the molecule is CC(C)(C)OC(=O)N1NC(=O)Nc2ccc(cc2)Cc2ccc1cc2. The van der Waals surface area contributed by atoms with Gasteiger partial charge in [-0.15, -0.1) is 0 Å². The number of hydrazine groups is 1. The quantitative estimate of drug-likeness (QED) is 0.760. The minimum absolute atomic E-state index is 0.524. The molecule has 25 heavy (non-hydrogen) atoms. The fraction of sp³-hybridized carbons (Fsp3) is 0.263. The second-order valence-electron chi connectivity index (χ2n) is 6.92. The second kappa shape index (κ2) is 6.47. The number of rotatable bonds is 0. The number of hydrogen-bond donors (Lipinski definition) is 2. The van der Waals surface area contributed by atoms with Crippen LogP contribution in [-0.4, -0.2) is 17.7 Å². The average Bonchev–Trinajstić information content (AvgIpc) is 2.56. The molecule has 0 unspecified atom stereocenters. The predicted octanol–water partition coefficient (Wildman–Crippen LogP) is 4.07. The van der Waals surface area contributed by atoms with Crippen molar-refractivity contribution in [2.45, 2.75) is 32.8 Å². The number of carbonyl (C=O) groups is 2. The van der Waals surface area contributed by atoms with Crippen molar-refractivity contribution in [1.82, 2.24) is 5.43 Å². The van der Waals surface area contributed by atoms with Gasteiger partial charge in [-0.1, -0.05) is 24.3 Å². The molecule has 0 fully saturated rings. The third-order valence-corrected chi connectivity index (χ3v) is 3.60. The summed E-state index contributed by atoms with van der Waals surface area (Å²) >= 11 is 0. The highest BCUT2D eigenvalue weighted by molar-refractivity contribution is 5.96. The third kappa shape index (κ3) is 4.29. The maximum absolute atomic E-state index is 12.5. The van der Waals surface area contributed by atoms with E-state index in [1.54, 1.807) is 32.9 Å². The Kier molecular flexibility index (Phi) is 4.35. The largest absolute Gasteiger partial charge is 0.442 e. The summed E-state index contributed by atoms with van der Waals surface area (Å²) in [6.07, 6.45) is 0.119. The summed E-state index contributed by atoms with van der Waals surface area (Å²) in [5, 5.41) is 3.82. The molecule has 4 aliphatic heterocycles. The summed E-state index contributed by atoms with van der Waals surface area (Å²) in [5.74, 6) is 0. The van der Waals surface area contributed by atoms with Gasteiger partial charge in [-0.2, -0.15) is 5.01 Å². The molecule has 6 nitrogen and oxygen atoms in total. The normalized spacial score (nSPS) is 14.0. The van der Waals surface area contributed by atoms with Crippen molar-refractivity contribution in [3.05, 3.63) is 59.7 Å². The number of urea groups is 1. The number of anilines is 2. The van der Waals surface area contributed by atoms with E-state index >= 15 is 0 Å². The van der Waals surface area contributed by atoms with E-state index in [2.05, 4.69) is 10.7 Å². The number of amides is 3. The van der Waals surface area contributed by atoms with Crippen LogP contribution in [-0.2, 0) is 11.2 Å². The average molecular weight is 339 g/mol. The van der Waals surface area contributed by atoms with Crippen molar-refractivity contribution in [2.24, 2.45) is 0 Å². The van der Waals surface area contributed by atoms with Gasteiger partial charge in [0.15, 0.2) is 0 Å². The van der Waals surface area contributed by atoms with Gasteiger partial charge in [0, 0.05) is 5.69 Å². The van der Waals surface area contributed by atoms with Gasteiger partial charge in [-0.05, 0) is 62.6 Å². The van der Waals surface area contributed by atoms with Crippen LogP contribution in [0.4, 0.5) is 21.0 Å². The Bertz CT molecular complexity index is 777. The Hall–Kier alpha value is -3.02. The zero-order valence-corrected chi connectivity index (χ0v) is 14.5. The van der Waals surface area contributed by atoms with Crippen LogP contribution in [0.1, 0.15) is 31.9 Å². The van der Waals surface area contributed by atoms with Crippen LogP contribution in [0.3, 0.4) is 0 Å². The standard InChI is InChI=1S/C19H21N3O3/c1-19(2,3)25-18(24)22-16-10-6-14(7-11-16)12-13-4-8-15(9-5-13)20-17(23)21-22/h4-11H,12H2,1-3H3,(H2,20,21,23). The monoisotopic (exact) mass is 339 g/mol. The van der Waals surface area contributed by atoms with Crippen LogP contribution in [0.2, 0.25) is 0 Å². The van der Waals surface area contributed by atoms with Gasteiger partial charge in [0.05, 0.1) is 5.69 Å². The molecule has 2 N–H and O–H groups in total. The molecule has 6 rings (SSSR count). The Labute approximate surface area is 146 Å². The molecule has 0 radical (unpaired) electrons. The summed E-state index contributed by atoms with van der Waals surface area (Å²) in [6.45, 7) is 5.32. The third-order valence-electron chi connectivity index (χ3n) is 3.60. The molecule has 0 atom stereocenters. The molecule has 4 aliphatic rings. The molecule has 2 aromatic carbocycles. The molecular formula is C19H21N3O3. The van der Waals surface area contributed by atoms with Crippen LogP contribution in [0, 0.1) is 0 Å². The molecule has 0 spiro atoms. The number of ether oxygens (including phenoxy) is 1. The van der Waals surface area contributed by atoms with Crippen molar-refractivity contribution in [3.8, 4) is 0 Å². The number of nitrogens with one attached hydrogen (secondary N) is 2. The second-order valence-corrected chi connectivity index (χ2v) is 6.92. The molecular weight excluding hydrogens is 318 g/mol. The molecule has 3 amide bonds. The molecule has 2 aromatic rings. The van der Waals surface area contributed by atoms with Gasteiger partial charge >= 0.3 is 12.1 Å². The number of nitrogens with zero attached hydrogens (tertiary/aromatic N) is 1. The van der Waals surface area contributed by atoms with E-state index in [0.717, 1.165) is 22.6 Å². The minimum atomic E-state index is -0.675. The molecule has 0 aliphatic carbocycles. The van der Waals surface area contributed by atoms with Gasteiger partial charge in [-0.3, -0.25) is 0 Å². The number of hydrogen-bond acceptors (Lipinski definition) is 3. The first-order valence-electron chi connectivity index (χ1n) is 8.09. The van der Waals surface area contributed by atoms with E-state index in [4.69, 9.17) is 4.74 Å². The van der Waals surface area contributed by atoms with E-state index in [1.807, 2.05) is 36.4 Å². The van der Waals surface area contributed by atoms with E-state index in [9.17, 15) is 9.59 Å². The van der Waals surface area contributed by atoms with Gasteiger partial charge < -0.3 is 10.1 Å². The maximum Gasteiger partial charge on any atom is 0.434 e. The van der Waals surface area contributed by atoms with E-state index in [0.29, 0.717) is 11.4 Å². The van der Waals surface area contributed by atoms with E-state index in [-0.39, 0.29) is 0 Å². The lowest BCUT2D eigenvalue weighted by molar-refractivity contribution is 0.0566. The molecule has 0 saturated carbocycles. The van der Waals surface area contributed by atoms with Crippen molar-refractivity contribution in [2.75, 3.05) is 10.3 Å². The lowest BCUT2D eigenvalue weighted by Crippen LogP contribution is -2.50. The minimum Gasteiger partial charge on any atom is -0.442 e. The topological polar surface area (TPSA) is 70.7 Å². The van der Waals surface area contributed by atoms with Crippen molar-refractivity contribution in [3.63, 3.8) is 0 Å². The van der Waals surface area contributed by atoms with E-state index < -0.39 is 17.7 Å².